The van der Waals surface area contributed by atoms with Crippen LogP contribution in [0.15, 0.2) is 39.3 Å². The molecule has 0 saturated carbocycles. The Balaban J connectivity index is 1.30. The van der Waals surface area contributed by atoms with Crippen LogP contribution < -0.4 is 5.32 Å². The van der Waals surface area contributed by atoms with Gasteiger partial charge >= 0.3 is 0 Å². The van der Waals surface area contributed by atoms with Gasteiger partial charge in [-0.15, -0.1) is 21.5 Å². The van der Waals surface area contributed by atoms with Gasteiger partial charge in [-0.25, -0.2) is 13.4 Å². The number of hydrogen-bond donors (Lipinski definition) is 1. The number of thioether (sulfide) groups is 1. The number of anilines is 2. The maximum atomic E-state index is 11.5. The zero-order chi connectivity index (χ0) is 19.6. The van der Waals surface area contributed by atoms with Crippen molar-refractivity contribution in [2.75, 3.05) is 16.8 Å². The first-order valence-corrected chi connectivity index (χ1v) is 12.6. The number of nitrogens with one attached hydrogen (secondary N) is 1. The van der Waals surface area contributed by atoms with E-state index < -0.39 is 9.84 Å². The Hall–Kier alpha value is -1.91. The predicted octanol–water partition coefficient (Wildman–Crippen LogP) is 3.85. The number of nitrogens with zero attached hydrogens (tertiary/aromatic N) is 3. The van der Waals surface area contributed by atoms with Crippen LogP contribution in [0.2, 0.25) is 0 Å². The molecule has 1 aromatic carbocycles. The summed E-state index contributed by atoms with van der Waals surface area (Å²) in [4.78, 5) is 4.60. The summed E-state index contributed by atoms with van der Waals surface area (Å²) in [6.07, 6.45) is 1.19. The maximum Gasteiger partial charge on any atom is 0.276 e. The Kier molecular flexibility index (Phi) is 5.70. The second kappa shape index (κ2) is 8.22. The standard InChI is InChI=1S/C18H20N4O3S3/c1-12-4-2-3-5-15(12)20-17-19-14(9-26-17)10-27-18-22-21-16(25-18)8-13-6-7-28(23,24)11-13/h2-5,9,13H,6-8,10-11H2,1H3,(H,19,20). The normalized spacial score (nSPS) is 18.4. The van der Waals surface area contributed by atoms with Crippen molar-refractivity contribution in [1.82, 2.24) is 15.2 Å². The van der Waals surface area contributed by atoms with Gasteiger partial charge in [-0.05, 0) is 30.9 Å². The number of aryl methyl sites for hydroxylation is 1. The van der Waals surface area contributed by atoms with Crippen LogP contribution in [0.4, 0.5) is 10.8 Å². The lowest BCUT2D eigenvalue weighted by Gasteiger charge is -2.05. The second-order valence-electron chi connectivity index (χ2n) is 6.81. The minimum Gasteiger partial charge on any atom is -0.416 e. The molecule has 1 N–H and O–H groups in total. The van der Waals surface area contributed by atoms with Gasteiger partial charge in [0.2, 0.25) is 5.89 Å². The largest absolute Gasteiger partial charge is 0.416 e. The molecule has 1 saturated heterocycles. The van der Waals surface area contributed by atoms with E-state index in [0.717, 1.165) is 16.5 Å². The van der Waals surface area contributed by atoms with E-state index in [-0.39, 0.29) is 17.4 Å². The molecule has 0 radical (unpaired) electrons. The predicted molar refractivity (Wildman–Crippen MR) is 111 cm³/mol. The number of rotatable bonds is 7. The molecule has 3 heterocycles. The number of benzene rings is 1. The molecule has 4 rings (SSSR count). The van der Waals surface area contributed by atoms with Gasteiger partial charge in [0.05, 0.1) is 17.2 Å². The summed E-state index contributed by atoms with van der Waals surface area (Å²) in [5, 5.41) is 14.8. The summed E-state index contributed by atoms with van der Waals surface area (Å²) in [6, 6.07) is 8.09. The smallest absolute Gasteiger partial charge is 0.276 e. The highest BCUT2D eigenvalue weighted by molar-refractivity contribution is 7.98. The van der Waals surface area contributed by atoms with E-state index in [0.29, 0.717) is 29.7 Å². The lowest BCUT2D eigenvalue weighted by atomic mass is 10.1. The Bertz CT molecular complexity index is 1060. The molecule has 1 atom stereocenters. The van der Waals surface area contributed by atoms with E-state index in [1.807, 2.05) is 23.6 Å². The van der Waals surface area contributed by atoms with Crippen molar-refractivity contribution in [3.05, 3.63) is 46.8 Å². The Labute approximate surface area is 171 Å². The minimum atomic E-state index is -2.89. The highest BCUT2D eigenvalue weighted by Gasteiger charge is 2.29. The lowest BCUT2D eigenvalue weighted by Crippen LogP contribution is -2.07. The lowest BCUT2D eigenvalue weighted by molar-refractivity contribution is 0.389. The average Bonchev–Trinajstić information content (AvgIpc) is 3.36. The number of para-hydroxylation sites is 1. The van der Waals surface area contributed by atoms with Crippen molar-refractivity contribution in [1.29, 1.82) is 0 Å². The van der Waals surface area contributed by atoms with Crippen LogP contribution in [0.3, 0.4) is 0 Å². The number of hydrogen-bond acceptors (Lipinski definition) is 9. The summed E-state index contributed by atoms with van der Waals surface area (Å²) in [7, 11) is -2.89. The first-order chi connectivity index (χ1) is 13.5. The van der Waals surface area contributed by atoms with Gasteiger partial charge in [0.1, 0.15) is 0 Å². The van der Waals surface area contributed by atoms with Gasteiger partial charge in [-0.2, -0.15) is 0 Å². The molecular formula is C18H20N4O3S3. The number of sulfone groups is 1. The van der Waals surface area contributed by atoms with Crippen molar-refractivity contribution < 1.29 is 12.8 Å². The van der Waals surface area contributed by atoms with Crippen LogP contribution in [0.5, 0.6) is 0 Å². The first kappa shape index (κ1) is 19.4. The molecule has 3 aromatic rings. The molecule has 1 fully saturated rings. The molecule has 148 valence electrons. The number of thiazole rings is 1. The van der Waals surface area contributed by atoms with Crippen molar-refractivity contribution in [3.63, 3.8) is 0 Å². The van der Waals surface area contributed by atoms with Crippen molar-refractivity contribution in [2.45, 2.75) is 30.7 Å². The highest BCUT2D eigenvalue weighted by Crippen LogP contribution is 2.28. The van der Waals surface area contributed by atoms with Gasteiger partial charge in [-0.3, -0.25) is 0 Å². The molecule has 1 aliphatic rings. The van der Waals surface area contributed by atoms with Crippen LogP contribution in [0, 0.1) is 12.8 Å². The SMILES string of the molecule is Cc1ccccc1Nc1nc(CSc2nnc(CC3CCS(=O)(=O)C3)o2)cs1. The molecule has 2 aromatic heterocycles. The second-order valence-corrected chi connectivity index (χ2v) is 10.8. The minimum absolute atomic E-state index is 0.0805. The maximum absolute atomic E-state index is 11.5. The third kappa shape index (κ3) is 4.92. The molecule has 7 nitrogen and oxygen atoms in total. The zero-order valence-electron chi connectivity index (χ0n) is 15.3. The molecular weight excluding hydrogens is 416 g/mol. The van der Waals surface area contributed by atoms with Gasteiger partial charge in [0.15, 0.2) is 15.0 Å². The third-order valence-corrected chi connectivity index (χ3v) is 8.02. The average molecular weight is 437 g/mol. The monoisotopic (exact) mass is 436 g/mol. The fraction of sp³-hybridized carbons (Fsp3) is 0.389. The topological polar surface area (TPSA) is 98.0 Å². The fourth-order valence-corrected chi connectivity index (χ4v) is 6.42. The molecule has 10 heteroatoms. The third-order valence-electron chi connectivity index (χ3n) is 4.52. The molecule has 28 heavy (non-hydrogen) atoms. The van der Waals surface area contributed by atoms with E-state index in [1.54, 1.807) is 11.3 Å². The van der Waals surface area contributed by atoms with E-state index in [9.17, 15) is 8.42 Å². The van der Waals surface area contributed by atoms with Crippen molar-refractivity contribution >= 4 is 43.8 Å². The van der Waals surface area contributed by atoms with Crippen LogP contribution in [-0.4, -0.2) is 35.1 Å². The molecule has 0 bridgehead atoms. The molecule has 0 amide bonds. The van der Waals surface area contributed by atoms with Gasteiger partial charge in [-0.1, -0.05) is 30.0 Å². The highest BCUT2D eigenvalue weighted by atomic mass is 32.2. The summed E-state index contributed by atoms with van der Waals surface area (Å²) < 4.78 is 28.8. The molecule has 0 aliphatic carbocycles. The van der Waals surface area contributed by atoms with Gasteiger partial charge in [0, 0.05) is 23.2 Å². The summed E-state index contributed by atoms with van der Waals surface area (Å²) >= 11 is 2.99. The summed E-state index contributed by atoms with van der Waals surface area (Å²) in [5.41, 5.74) is 3.15. The molecule has 1 unspecified atom stereocenters. The van der Waals surface area contributed by atoms with Crippen LogP contribution in [0.25, 0.3) is 0 Å². The zero-order valence-corrected chi connectivity index (χ0v) is 17.7. The van der Waals surface area contributed by atoms with Crippen LogP contribution in [0.1, 0.15) is 23.6 Å². The molecule has 0 spiro atoms. The van der Waals surface area contributed by atoms with Gasteiger partial charge < -0.3 is 9.73 Å². The van der Waals surface area contributed by atoms with E-state index in [2.05, 4.69) is 33.5 Å². The Morgan fingerprint density at radius 2 is 2.18 bits per heavy atom. The quantitative estimate of drug-likeness (QED) is 0.558. The summed E-state index contributed by atoms with van der Waals surface area (Å²) in [6.45, 7) is 2.06. The Morgan fingerprint density at radius 3 is 2.96 bits per heavy atom. The molecule has 1 aliphatic heterocycles. The van der Waals surface area contributed by atoms with Crippen LogP contribution in [-0.2, 0) is 22.0 Å². The van der Waals surface area contributed by atoms with E-state index >= 15 is 0 Å². The van der Waals surface area contributed by atoms with E-state index in [1.165, 1.54) is 17.3 Å². The Morgan fingerprint density at radius 1 is 1.32 bits per heavy atom. The van der Waals surface area contributed by atoms with Gasteiger partial charge in [0.25, 0.3) is 5.22 Å². The fourth-order valence-electron chi connectivity index (χ4n) is 3.05. The van der Waals surface area contributed by atoms with E-state index in [4.69, 9.17) is 4.42 Å². The van der Waals surface area contributed by atoms with Crippen molar-refractivity contribution in [3.8, 4) is 0 Å². The van der Waals surface area contributed by atoms with Crippen molar-refractivity contribution in [2.24, 2.45) is 5.92 Å². The summed E-state index contributed by atoms with van der Waals surface area (Å²) in [5.74, 6) is 1.69. The number of aromatic nitrogens is 3. The first-order valence-electron chi connectivity index (χ1n) is 8.89. The van der Waals surface area contributed by atoms with Crippen LogP contribution >= 0.6 is 23.1 Å².